The molecule has 1 saturated heterocycles. The average Bonchev–Trinajstić information content (AvgIpc) is 3.12. The first-order valence-electron chi connectivity index (χ1n) is 6.92. The summed E-state index contributed by atoms with van der Waals surface area (Å²) in [6.45, 7) is 2.89. The molecule has 6 nitrogen and oxygen atoms in total. The molecule has 0 spiro atoms. The Labute approximate surface area is 124 Å². The number of carbonyl (C=O) groups is 1. The monoisotopic (exact) mass is 310 g/mol. The quantitative estimate of drug-likeness (QED) is 0.902. The Morgan fingerprint density at radius 1 is 1.43 bits per heavy atom. The lowest BCUT2D eigenvalue weighted by Crippen LogP contribution is -2.40. The fourth-order valence-corrected chi connectivity index (χ4v) is 5.08. The lowest BCUT2D eigenvalue weighted by atomic mass is 10.2. The van der Waals surface area contributed by atoms with Crippen LogP contribution in [0.1, 0.15) is 13.3 Å². The van der Waals surface area contributed by atoms with E-state index in [1.807, 2.05) is 6.92 Å². The molecule has 1 aromatic rings. The number of ether oxygens (including phenoxy) is 1. The summed E-state index contributed by atoms with van der Waals surface area (Å²) in [4.78, 5) is 12.4. The second kappa shape index (κ2) is 4.71. The zero-order valence-electron chi connectivity index (χ0n) is 12.0. The fraction of sp³-hybridized carbons (Fsp3) is 0.500. The number of rotatable bonds is 4. The third kappa shape index (κ3) is 2.03. The predicted molar refractivity (Wildman–Crippen MR) is 78.6 cm³/mol. The minimum Gasteiger partial charge on any atom is -0.494 e. The number of benzene rings is 1. The first-order valence-corrected chi connectivity index (χ1v) is 8.36. The Hall–Kier alpha value is -1.60. The summed E-state index contributed by atoms with van der Waals surface area (Å²) in [5.74, 6) is 0.197. The van der Waals surface area contributed by atoms with Crippen LogP contribution in [0.5, 0.6) is 5.75 Å². The van der Waals surface area contributed by atoms with Crippen molar-refractivity contribution < 1.29 is 17.9 Å². The van der Waals surface area contributed by atoms with Crippen LogP contribution in [0.4, 0.5) is 5.69 Å². The van der Waals surface area contributed by atoms with Gasteiger partial charge in [0.1, 0.15) is 5.75 Å². The van der Waals surface area contributed by atoms with E-state index in [0.717, 1.165) is 0 Å². The molecular weight excluding hydrogens is 292 g/mol. The highest BCUT2D eigenvalue weighted by atomic mass is 32.2. The molecule has 2 atom stereocenters. The molecule has 2 unspecified atom stereocenters. The molecular formula is C14H18N2O4S. The van der Waals surface area contributed by atoms with Crippen molar-refractivity contribution in [3.8, 4) is 5.75 Å². The van der Waals surface area contributed by atoms with Crippen LogP contribution in [0.2, 0.25) is 0 Å². The second-order valence-electron chi connectivity index (χ2n) is 5.49. The van der Waals surface area contributed by atoms with E-state index in [4.69, 9.17) is 4.74 Å². The van der Waals surface area contributed by atoms with Crippen molar-refractivity contribution in [3.05, 3.63) is 24.3 Å². The molecule has 114 valence electrons. The molecule has 0 aromatic heterocycles. The Bertz CT molecular complexity index is 671. The van der Waals surface area contributed by atoms with Crippen LogP contribution in [-0.2, 0) is 14.8 Å². The highest BCUT2D eigenvalue weighted by Crippen LogP contribution is 2.57. The van der Waals surface area contributed by atoms with Crippen molar-refractivity contribution in [2.45, 2.75) is 18.1 Å². The Morgan fingerprint density at radius 2 is 2.10 bits per heavy atom. The summed E-state index contributed by atoms with van der Waals surface area (Å²) in [6, 6.07) is 6.91. The van der Waals surface area contributed by atoms with Gasteiger partial charge in [-0.3, -0.25) is 4.79 Å². The summed E-state index contributed by atoms with van der Waals surface area (Å²) in [7, 11) is -2.01. The van der Waals surface area contributed by atoms with Gasteiger partial charge in [-0.05, 0) is 37.6 Å². The van der Waals surface area contributed by atoms with Crippen LogP contribution in [0.3, 0.4) is 0 Å². The van der Waals surface area contributed by atoms with Gasteiger partial charge in [0.15, 0.2) is 4.75 Å². The average molecular weight is 310 g/mol. The smallest absolute Gasteiger partial charge is 0.247 e. The van der Waals surface area contributed by atoms with Gasteiger partial charge in [-0.15, -0.1) is 0 Å². The van der Waals surface area contributed by atoms with Crippen LogP contribution >= 0.6 is 0 Å². The van der Waals surface area contributed by atoms with Gasteiger partial charge in [0.2, 0.25) is 15.9 Å². The van der Waals surface area contributed by atoms with Crippen molar-refractivity contribution in [1.29, 1.82) is 0 Å². The predicted octanol–water partition coefficient (Wildman–Crippen LogP) is 1.06. The first kappa shape index (κ1) is 14.3. The zero-order chi connectivity index (χ0) is 15.3. The number of carbonyl (C=O) groups excluding carboxylic acids is 1. The largest absolute Gasteiger partial charge is 0.494 e. The number of nitrogens with one attached hydrogen (secondary N) is 1. The molecule has 1 heterocycles. The van der Waals surface area contributed by atoms with Crippen LogP contribution in [0, 0.1) is 5.92 Å². The van der Waals surface area contributed by atoms with Crippen molar-refractivity contribution in [3.63, 3.8) is 0 Å². The topological polar surface area (TPSA) is 75.7 Å². The van der Waals surface area contributed by atoms with E-state index < -0.39 is 20.7 Å². The van der Waals surface area contributed by atoms with Gasteiger partial charge < -0.3 is 10.1 Å². The van der Waals surface area contributed by atoms with E-state index in [1.165, 1.54) is 11.4 Å². The van der Waals surface area contributed by atoms with E-state index in [9.17, 15) is 13.2 Å². The summed E-state index contributed by atoms with van der Waals surface area (Å²) < 4.78 is 29.9. The normalized spacial score (nSPS) is 29.7. The second-order valence-corrected chi connectivity index (χ2v) is 7.79. The van der Waals surface area contributed by atoms with Gasteiger partial charge in [-0.25, -0.2) is 12.7 Å². The van der Waals surface area contributed by atoms with Crippen LogP contribution in [0.15, 0.2) is 24.3 Å². The van der Waals surface area contributed by atoms with Crippen LogP contribution in [0.25, 0.3) is 0 Å². The molecule has 7 heteroatoms. The van der Waals surface area contributed by atoms with Crippen molar-refractivity contribution in [1.82, 2.24) is 4.31 Å². The fourth-order valence-electron chi connectivity index (χ4n) is 2.95. The number of amides is 1. The molecule has 21 heavy (non-hydrogen) atoms. The number of hydrogen-bond acceptors (Lipinski definition) is 4. The van der Waals surface area contributed by atoms with E-state index in [0.29, 0.717) is 31.0 Å². The van der Waals surface area contributed by atoms with Gasteiger partial charge >= 0.3 is 0 Å². The van der Waals surface area contributed by atoms with Gasteiger partial charge in [0, 0.05) is 25.2 Å². The molecule has 1 amide bonds. The Morgan fingerprint density at radius 3 is 2.62 bits per heavy atom. The maximum absolute atomic E-state index is 12.4. The summed E-state index contributed by atoms with van der Waals surface area (Å²) in [5.41, 5.74) is 0.577. The SMILES string of the molecule is CCOc1ccc(NC(=O)C23CC2CN(C)S3(=O)=O)cc1. The lowest BCUT2D eigenvalue weighted by Gasteiger charge is -2.17. The van der Waals surface area contributed by atoms with E-state index in [2.05, 4.69) is 5.32 Å². The molecule has 2 fully saturated rings. The summed E-state index contributed by atoms with van der Waals surface area (Å²) in [5, 5.41) is 2.71. The summed E-state index contributed by atoms with van der Waals surface area (Å²) >= 11 is 0. The molecule has 0 radical (unpaired) electrons. The van der Waals surface area contributed by atoms with Crippen molar-refractivity contribution in [2.75, 3.05) is 25.5 Å². The number of hydrogen-bond donors (Lipinski definition) is 1. The van der Waals surface area contributed by atoms with Gasteiger partial charge in [-0.1, -0.05) is 0 Å². The zero-order valence-corrected chi connectivity index (χ0v) is 12.8. The maximum atomic E-state index is 12.4. The van der Waals surface area contributed by atoms with Gasteiger partial charge in [0.25, 0.3) is 0 Å². The van der Waals surface area contributed by atoms with Crippen LogP contribution in [-0.4, -0.2) is 43.6 Å². The molecule has 0 bridgehead atoms. The molecule has 1 saturated carbocycles. The van der Waals surface area contributed by atoms with Crippen LogP contribution < -0.4 is 10.1 Å². The van der Waals surface area contributed by atoms with Crippen molar-refractivity contribution >= 4 is 21.6 Å². The van der Waals surface area contributed by atoms with Crippen molar-refractivity contribution in [2.24, 2.45) is 5.92 Å². The Kier molecular flexibility index (Phi) is 3.22. The molecule has 2 aliphatic rings. The number of fused-ring (bicyclic) bond motifs is 1. The minimum absolute atomic E-state index is 0.0878. The maximum Gasteiger partial charge on any atom is 0.247 e. The van der Waals surface area contributed by atoms with E-state index in [-0.39, 0.29) is 5.92 Å². The highest BCUT2D eigenvalue weighted by Gasteiger charge is 2.74. The molecule has 1 aliphatic carbocycles. The molecule has 1 aliphatic heterocycles. The third-order valence-electron chi connectivity index (χ3n) is 4.20. The lowest BCUT2D eigenvalue weighted by molar-refractivity contribution is -0.116. The standard InChI is InChI=1S/C14H18N2O4S/c1-3-20-12-6-4-11(5-7-12)15-13(17)14-8-10(14)9-16(2)21(14,18)19/h4-7,10H,3,8-9H2,1-2H3,(H,15,17). The first-order chi connectivity index (χ1) is 9.91. The summed E-state index contributed by atoms with van der Waals surface area (Å²) in [6.07, 6.45) is 0.419. The number of nitrogens with zero attached hydrogens (tertiary/aromatic N) is 1. The molecule has 3 rings (SSSR count). The highest BCUT2D eigenvalue weighted by molar-refractivity contribution is 7.92. The molecule has 1 aromatic carbocycles. The van der Waals surface area contributed by atoms with Gasteiger partial charge in [0.05, 0.1) is 6.61 Å². The third-order valence-corrected chi connectivity index (χ3v) is 6.78. The van der Waals surface area contributed by atoms with Gasteiger partial charge in [-0.2, -0.15) is 0 Å². The van der Waals surface area contributed by atoms with E-state index in [1.54, 1.807) is 24.3 Å². The number of sulfonamides is 1. The van der Waals surface area contributed by atoms with E-state index >= 15 is 0 Å². The number of anilines is 1. The minimum atomic E-state index is -3.53. The molecule has 1 N–H and O–H groups in total. The Balaban J connectivity index is 1.76.